The normalized spacial score (nSPS) is 27.8. The SMILES string of the molecule is COc1cccnc1C1(O)CCOC(C)(C)C1. The molecule has 0 saturated carbocycles. The van der Waals surface area contributed by atoms with Crippen molar-refractivity contribution in [1.29, 1.82) is 0 Å². The first-order valence-corrected chi connectivity index (χ1v) is 5.83. The van der Waals surface area contributed by atoms with Crippen molar-refractivity contribution in [3.8, 4) is 5.75 Å². The minimum atomic E-state index is -0.964. The Morgan fingerprint density at radius 2 is 2.24 bits per heavy atom. The molecule has 1 N–H and O–H groups in total. The average Bonchev–Trinajstić information content (AvgIpc) is 2.27. The van der Waals surface area contributed by atoms with Crippen molar-refractivity contribution in [2.45, 2.75) is 37.9 Å². The van der Waals surface area contributed by atoms with E-state index in [1.165, 1.54) is 0 Å². The average molecular weight is 237 g/mol. The first kappa shape index (κ1) is 12.3. The highest BCUT2D eigenvalue weighted by atomic mass is 16.5. The Morgan fingerprint density at radius 3 is 2.88 bits per heavy atom. The fourth-order valence-corrected chi connectivity index (χ4v) is 2.45. The summed E-state index contributed by atoms with van der Waals surface area (Å²) in [7, 11) is 1.59. The van der Waals surface area contributed by atoms with Crippen molar-refractivity contribution in [2.75, 3.05) is 13.7 Å². The Bertz CT molecular complexity index is 405. The van der Waals surface area contributed by atoms with Crippen LogP contribution in [0.15, 0.2) is 18.3 Å². The van der Waals surface area contributed by atoms with E-state index in [0.29, 0.717) is 30.9 Å². The highest BCUT2D eigenvalue weighted by molar-refractivity contribution is 5.32. The molecule has 1 aromatic heterocycles. The van der Waals surface area contributed by atoms with Crippen LogP contribution in [-0.4, -0.2) is 29.4 Å². The van der Waals surface area contributed by atoms with Gasteiger partial charge >= 0.3 is 0 Å². The summed E-state index contributed by atoms with van der Waals surface area (Å²) in [6.07, 6.45) is 2.75. The van der Waals surface area contributed by atoms with E-state index in [1.54, 1.807) is 19.4 Å². The molecule has 1 aliphatic rings. The van der Waals surface area contributed by atoms with Crippen LogP contribution >= 0.6 is 0 Å². The molecule has 0 aromatic carbocycles. The fourth-order valence-electron chi connectivity index (χ4n) is 2.45. The molecule has 94 valence electrons. The number of hydrogen-bond acceptors (Lipinski definition) is 4. The topological polar surface area (TPSA) is 51.6 Å². The summed E-state index contributed by atoms with van der Waals surface area (Å²) in [6.45, 7) is 4.49. The van der Waals surface area contributed by atoms with Gasteiger partial charge in [-0.15, -0.1) is 0 Å². The first-order chi connectivity index (χ1) is 7.97. The summed E-state index contributed by atoms with van der Waals surface area (Å²) in [4.78, 5) is 4.28. The molecule has 17 heavy (non-hydrogen) atoms. The van der Waals surface area contributed by atoms with Gasteiger partial charge in [-0.05, 0) is 26.0 Å². The summed E-state index contributed by atoms with van der Waals surface area (Å²) in [6, 6.07) is 3.62. The monoisotopic (exact) mass is 237 g/mol. The minimum absolute atomic E-state index is 0.338. The minimum Gasteiger partial charge on any atom is -0.495 e. The zero-order valence-corrected chi connectivity index (χ0v) is 10.6. The van der Waals surface area contributed by atoms with E-state index < -0.39 is 5.60 Å². The van der Waals surface area contributed by atoms with Gasteiger partial charge in [-0.1, -0.05) is 0 Å². The van der Waals surface area contributed by atoms with Crippen LogP contribution in [0, 0.1) is 0 Å². The third-order valence-corrected chi connectivity index (χ3v) is 3.16. The van der Waals surface area contributed by atoms with Gasteiger partial charge in [-0.25, -0.2) is 0 Å². The molecule has 2 heterocycles. The van der Waals surface area contributed by atoms with E-state index in [4.69, 9.17) is 9.47 Å². The molecule has 0 aliphatic carbocycles. The molecular formula is C13H19NO3. The van der Waals surface area contributed by atoms with Crippen molar-refractivity contribution >= 4 is 0 Å². The van der Waals surface area contributed by atoms with Crippen molar-refractivity contribution in [1.82, 2.24) is 4.98 Å². The predicted molar refractivity (Wildman–Crippen MR) is 64.0 cm³/mol. The predicted octanol–water partition coefficient (Wildman–Crippen LogP) is 1.87. The summed E-state index contributed by atoms with van der Waals surface area (Å²) >= 11 is 0. The second-order valence-corrected chi connectivity index (χ2v) is 5.12. The fraction of sp³-hybridized carbons (Fsp3) is 0.615. The standard InChI is InChI=1S/C13H19NO3/c1-12(2)9-13(15,6-8-17-12)11-10(16-3)5-4-7-14-11/h4-5,7,15H,6,8-9H2,1-3H3. The number of hydrogen-bond donors (Lipinski definition) is 1. The van der Waals surface area contributed by atoms with Gasteiger partial charge in [0.05, 0.1) is 19.3 Å². The largest absolute Gasteiger partial charge is 0.495 e. The first-order valence-electron chi connectivity index (χ1n) is 5.83. The molecule has 1 aromatic rings. The van der Waals surface area contributed by atoms with Gasteiger partial charge in [-0.2, -0.15) is 0 Å². The van der Waals surface area contributed by atoms with E-state index in [2.05, 4.69) is 4.98 Å². The number of aliphatic hydroxyl groups is 1. The Labute approximate surface area is 102 Å². The molecule has 1 atom stereocenters. The molecule has 1 aliphatic heterocycles. The molecule has 2 rings (SSSR count). The number of methoxy groups -OCH3 is 1. The third-order valence-electron chi connectivity index (χ3n) is 3.16. The van der Waals surface area contributed by atoms with Crippen LogP contribution in [0.3, 0.4) is 0 Å². The molecule has 1 fully saturated rings. The number of aromatic nitrogens is 1. The molecule has 1 unspecified atom stereocenters. The van der Waals surface area contributed by atoms with E-state index in [9.17, 15) is 5.11 Å². The maximum atomic E-state index is 10.8. The Balaban J connectivity index is 2.37. The number of rotatable bonds is 2. The van der Waals surface area contributed by atoms with Crippen molar-refractivity contribution in [3.05, 3.63) is 24.0 Å². The number of ether oxygens (including phenoxy) is 2. The maximum Gasteiger partial charge on any atom is 0.143 e. The molecule has 4 heteroatoms. The lowest BCUT2D eigenvalue weighted by Gasteiger charge is -2.41. The molecule has 0 bridgehead atoms. The summed E-state index contributed by atoms with van der Waals surface area (Å²) in [5.74, 6) is 0.632. The van der Waals surface area contributed by atoms with Gasteiger partial charge in [0.15, 0.2) is 0 Å². The van der Waals surface area contributed by atoms with Crippen LogP contribution in [0.1, 0.15) is 32.4 Å². The smallest absolute Gasteiger partial charge is 0.143 e. The Morgan fingerprint density at radius 1 is 1.47 bits per heavy atom. The van der Waals surface area contributed by atoms with Gasteiger partial charge in [0.25, 0.3) is 0 Å². The molecule has 0 spiro atoms. The van der Waals surface area contributed by atoms with E-state index in [-0.39, 0.29) is 5.60 Å². The van der Waals surface area contributed by atoms with Crippen molar-refractivity contribution in [3.63, 3.8) is 0 Å². The van der Waals surface area contributed by atoms with Crippen LogP contribution in [0.4, 0.5) is 0 Å². The molecule has 0 amide bonds. The van der Waals surface area contributed by atoms with E-state index >= 15 is 0 Å². The van der Waals surface area contributed by atoms with Gasteiger partial charge in [0.2, 0.25) is 0 Å². The second kappa shape index (κ2) is 4.27. The van der Waals surface area contributed by atoms with E-state index in [0.717, 1.165) is 0 Å². The van der Waals surface area contributed by atoms with Crippen LogP contribution in [0.5, 0.6) is 5.75 Å². The maximum absolute atomic E-state index is 10.8. The van der Waals surface area contributed by atoms with Crippen molar-refractivity contribution in [2.24, 2.45) is 0 Å². The Hall–Kier alpha value is -1.13. The highest BCUT2D eigenvalue weighted by Gasteiger charge is 2.43. The van der Waals surface area contributed by atoms with E-state index in [1.807, 2.05) is 19.9 Å². The van der Waals surface area contributed by atoms with Gasteiger partial charge in [-0.3, -0.25) is 4.98 Å². The third kappa shape index (κ3) is 2.42. The van der Waals surface area contributed by atoms with Crippen LogP contribution < -0.4 is 4.74 Å². The quantitative estimate of drug-likeness (QED) is 0.853. The van der Waals surface area contributed by atoms with Crippen LogP contribution in [0.25, 0.3) is 0 Å². The molecule has 0 radical (unpaired) electrons. The summed E-state index contributed by atoms with van der Waals surface area (Å²) in [5.41, 5.74) is -0.692. The lowest BCUT2D eigenvalue weighted by atomic mass is 9.81. The number of pyridine rings is 1. The Kier molecular flexibility index (Phi) is 3.10. The zero-order valence-electron chi connectivity index (χ0n) is 10.6. The van der Waals surface area contributed by atoms with Gasteiger partial charge < -0.3 is 14.6 Å². The molecular weight excluding hydrogens is 218 g/mol. The summed E-state index contributed by atoms with van der Waals surface area (Å²) < 4.78 is 10.9. The van der Waals surface area contributed by atoms with Gasteiger partial charge in [0, 0.05) is 19.0 Å². The zero-order chi connectivity index (χ0) is 12.5. The lowest BCUT2D eigenvalue weighted by molar-refractivity contribution is -0.150. The lowest BCUT2D eigenvalue weighted by Crippen LogP contribution is -2.44. The van der Waals surface area contributed by atoms with Gasteiger partial charge in [0.1, 0.15) is 17.0 Å². The van der Waals surface area contributed by atoms with Crippen LogP contribution in [0.2, 0.25) is 0 Å². The summed E-state index contributed by atoms with van der Waals surface area (Å²) in [5, 5.41) is 10.8. The molecule has 4 nitrogen and oxygen atoms in total. The molecule has 1 saturated heterocycles. The highest BCUT2D eigenvalue weighted by Crippen LogP contribution is 2.41. The van der Waals surface area contributed by atoms with Crippen molar-refractivity contribution < 1.29 is 14.6 Å². The van der Waals surface area contributed by atoms with Crippen LogP contribution in [-0.2, 0) is 10.3 Å². The number of nitrogens with zero attached hydrogens (tertiary/aromatic N) is 1. The second-order valence-electron chi connectivity index (χ2n) is 5.12.